The number of para-hydroxylation sites is 2. The highest BCUT2D eigenvalue weighted by Gasteiger charge is 2.41. The minimum absolute atomic E-state index is 0. The number of carbonyl (C=O) groups excluding carboxylic acids is 2. The lowest BCUT2D eigenvalue weighted by Crippen LogP contribution is -3.00. The topological polar surface area (TPSA) is 52.7 Å². The number of nitrogens with one attached hydrogen (secondary N) is 1. The van der Waals surface area contributed by atoms with Gasteiger partial charge in [-0.1, -0.05) is 12.1 Å². The molecule has 3 saturated heterocycles. The Morgan fingerprint density at radius 2 is 1.78 bits per heavy atom. The first kappa shape index (κ1) is 16.2. The van der Waals surface area contributed by atoms with E-state index in [1.807, 2.05) is 24.3 Å². The highest BCUT2D eigenvalue weighted by atomic mass is 35.5. The van der Waals surface area contributed by atoms with E-state index in [0.717, 1.165) is 55.1 Å². The van der Waals surface area contributed by atoms with Crippen molar-refractivity contribution in [3.8, 4) is 0 Å². The van der Waals surface area contributed by atoms with Crippen LogP contribution in [0, 0.1) is 0 Å². The van der Waals surface area contributed by atoms with Gasteiger partial charge in [0.15, 0.2) is 6.54 Å². The first-order chi connectivity index (χ1) is 10.7. The molecule has 2 amide bonds. The van der Waals surface area contributed by atoms with Crippen LogP contribution in [-0.4, -0.2) is 73.6 Å². The lowest BCUT2D eigenvalue weighted by molar-refractivity contribution is -0.933. The summed E-state index contributed by atoms with van der Waals surface area (Å²) in [6.07, 6.45) is 0. The molecule has 4 aliphatic rings. The minimum atomic E-state index is -0.115. The van der Waals surface area contributed by atoms with Gasteiger partial charge < -0.3 is 22.2 Å². The summed E-state index contributed by atoms with van der Waals surface area (Å²) in [4.78, 5) is 28.9. The van der Waals surface area contributed by atoms with E-state index in [-0.39, 0.29) is 30.8 Å². The predicted octanol–water partition coefficient (Wildman–Crippen LogP) is -2.88. The Bertz CT molecular complexity index is 614. The lowest BCUT2D eigenvalue weighted by Gasteiger charge is -2.50. The third kappa shape index (κ3) is 2.94. The number of nitrogens with zero attached hydrogens (tertiary/aromatic N) is 3. The van der Waals surface area contributed by atoms with Crippen LogP contribution in [0.1, 0.15) is 0 Å². The number of halogens is 1. The monoisotopic (exact) mass is 336 g/mol. The van der Waals surface area contributed by atoms with Gasteiger partial charge in [-0.3, -0.25) is 19.4 Å². The summed E-state index contributed by atoms with van der Waals surface area (Å²) >= 11 is 0. The number of anilines is 2. The number of piperazine rings is 3. The molecular formula is C16H21ClN4O2. The maximum absolute atomic E-state index is 12.9. The molecule has 0 aliphatic carbocycles. The first-order valence-electron chi connectivity index (χ1n) is 7.92. The normalized spacial score (nSPS) is 28.6. The van der Waals surface area contributed by atoms with Gasteiger partial charge in [-0.25, -0.2) is 0 Å². The van der Waals surface area contributed by atoms with E-state index in [1.54, 1.807) is 4.90 Å². The fourth-order valence-electron chi connectivity index (χ4n) is 3.80. The molecule has 4 heterocycles. The zero-order chi connectivity index (χ0) is 15.2. The molecule has 3 fully saturated rings. The zero-order valence-electron chi connectivity index (χ0n) is 13.0. The van der Waals surface area contributed by atoms with E-state index in [0.29, 0.717) is 6.54 Å². The Labute approximate surface area is 142 Å². The molecule has 1 N–H and O–H groups in total. The number of quaternary nitrogens is 1. The van der Waals surface area contributed by atoms with E-state index in [1.165, 1.54) is 0 Å². The zero-order valence-corrected chi connectivity index (χ0v) is 13.8. The Morgan fingerprint density at radius 1 is 1.13 bits per heavy atom. The largest absolute Gasteiger partial charge is 1.00 e. The van der Waals surface area contributed by atoms with Crippen LogP contribution in [0.2, 0.25) is 0 Å². The van der Waals surface area contributed by atoms with Crippen LogP contribution in [-0.2, 0) is 9.59 Å². The van der Waals surface area contributed by atoms with E-state index < -0.39 is 0 Å². The Balaban J connectivity index is 0.00000156. The van der Waals surface area contributed by atoms with Gasteiger partial charge in [0.05, 0.1) is 31.0 Å². The average Bonchev–Trinajstić information content (AvgIpc) is 2.55. The number of fused-ring (bicyclic) bond motifs is 4. The molecule has 124 valence electrons. The SMILES string of the molecule is O=C1CN(C(=O)C[N+]23CCN(CC2)CC3)c2ccccc2N1.[Cl-]. The maximum Gasteiger partial charge on any atom is 0.282 e. The van der Waals surface area contributed by atoms with Gasteiger partial charge in [-0.05, 0) is 12.1 Å². The molecule has 0 atom stereocenters. The second-order valence-corrected chi connectivity index (χ2v) is 6.56. The molecule has 6 nitrogen and oxygen atoms in total. The smallest absolute Gasteiger partial charge is 0.282 e. The number of hydrogen-bond donors (Lipinski definition) is 1. The van der Waals surface area contributed by atoms with Gasteiger partial charge in [-0.2, -0.15) is 0 Å². The van der Waals surface area contributed by atoms with Crippen LogP contribution in [0.15, 0.2) is 24.3 Å². The number of carbonyl (C=O) groups is 2. The van der Waals surface area contributed by atoms with Crippen LogP contribution >= 0.6 is 0 Å². The highest BCUT2D eigenvalue weighted by Crippen LogP contribution is 2.30. The summed E-state index contributed by atoms with van der Waals surface area (Å²) in [7, 11) is 0. The number of amides is 2. The molecule has 4 aliphatic heterocycles. The molecule has 0 spiro atoms. The fourth-order valence-corrected chi connectivity index (χ4v) is 3.80. The fraction of sp³-hybridized carbons (Fsp3) is 0.500. The van der Waals surface area contributed by atoms with E-state index >= 15 is 0 Å². The molecule has 7 heteroatoms. The molecule has 0 radical (unpaired) electrons. The van der Waals surface area contributed by atoms with Crippen molar-refractivity contribution in [3.63, 3.8) is 0 Å². The van der Waals surface area contributed by atoms with Crippen molar-refractivity contribution < 1.29 is 26.5 Å². The van der Waals surface area contributed by atoms with Crippen molar-refractivity contribution >= 4 is 23.2 Å². The summed E-state index contributed by atoms with van der Waals surface area (Å²) in [5, 5.41) is 2.84. The molecular weight excluding hydrogens is 316 g/mol. The van der Waals surface area contributed by atoms with Gasteiger partial charge in [0, 0.05) is 19.6 Å². The second-order valence-electron chi connectivity index (χ2n) is 6.56. The number of hydrogen-bond acceptors (Lipinski definition) is 3. The van der Waals surface area contributed by atoms with Gasteiger partial charge in [-0.15, -0.1) is 0 Å². The van der Waals surface area contributed by atoms with Gasteiger partial charge in [0.1, 0.15) is 6.54 Å². The number of rotatable bonds is 2. The summed E-state index contributed by atoms with van der Waals surface area (Å²) in [6, 6.07) is 7.53. The van der Waals surface area contributed by atoms with Crippen molar-refractivity contribution in [2.45, 2.75) is 0 Å². The Kier molecular flexibility index (Phi) is 4.31. The predicted molar refractivity (Wildman–Crippen MR) is 83.6 cm³/mol. The summed E-state index contributed by atoms with van der Waals surface area (Å²) in [5.41, 5.74) is 1.55. The Hall–Kier alpha value is -1.63. The van der Waals surface area contributed by atoms with Crippen molar-refractivity contribution in [1.29, 1.82) is 0 Å². The van der Waals surface area contributed by atoms with E-state index in [4.69, 9.17) is 0 Å². The third-order valence-corrected chi connectivity index (χ3v) is 5.21. The summed E-state index contributed by atoms with van der Waals surface area (Å²) < 4.78 is 0.885. The first-order valence-corrected chi connectivity index (χ1v) is 7.92. The molecule has 5 rings (SSSR count). The minimum Gasteiger partial charge on any atom is -1.00 e. The van der Waals surface area contributed by atoms with Crippen molar-refractivity contribution in [3.05, 3.63) is 24.3 Å². The quantitative estimate of drug-likeness (QED) is 0.591. The van der Waals surface area contributed by atoms with Crippen LogP contribution < -0.4 is 22.6 Å². The number of benzene rings is 1. The van der Waals surface area contributed by atoms with E-state index in [9.17, 15) is 9.59 Å². The van der Waals surface area contributed by atoms with Crippen molar-refractivity contribution in [2.24, 2.45) is 0 Å². The lowest BCUT2D eigenvalue weighted by atomic mass is 10.1. The molecule has 23 heavy (non-hydrogen) atoms. The van der Waals surface area contributed by atoms with E-state index in [2.05, 4.69) is 10.2 Å². The molecule has 1 aromatic rings. The summed E-state index contributed by atoms with van der Waals surface area (Å²) in [6.45, 7) is 7.05. The van der Waals surface area contributed by atoms with Crippen LogP contribution in [0.3, 0.4) is 0 Å². The Morgan fingerprint density at radius 3 is 2.48 bits per heavy atom. The maximum atomic E-state index is 12.9. The summed E-state index contributed by atoms with van der Waals surface area (Å²) in [5.74, 6) is -0.0480. The molecule has 2 bridgehead atoms. The van der Waals surface area contributed by atoms with Crippen LogP contribution in [0.25, 0.3) is 0 Å². The van der Waals surface area contributed by atoms with Crippen LogP contribution in [0.5, 0.6) is 0 Å². The highest BCUT2D eigenvalue weighted by molar-refractivity contribution is 6.10. The molecule has 0 saturated carbocycles. The third-order valence-electron chi connectivity index (χ3n) is 5.21. The van der Waals surface area contributed by atoms with Gasteiger partial charge in [0.25, 0.3) is 5.91 Å². The van der Waals surface area contributed by atoms with Crippen LogP contribution in [0.4, 0.5) is 11.4 Å². The molecule has 0 aromatic heterocycles. The molecule has 0 unspecified atom stereocenters. The van der Waals surface area contributed by atoms with Crippen molar-refractivity contribution in [1.82, 2.24) is 4.90 Å². The van der Waals surface area contributed by atoms with Gasteiger partial charge >= 0.3 is 0 Å². The second kappa shape index (κ2) is 6.11. The van der Waals surface area contributed by atoms with Gasteiger partial charge in [0.2, 0.25) is 5.91 Å². The van der Waals surface area contributed by atoms with Crippen molar-refractivity contribution in [2.75, 3.05) is 62.6 Å². The molecule has 1 aromatic carbocycles. The standard InChI is InChI=1S/C16H20N4O2.ClH/c21-15-11-19(14-4-2-1-3-13(14)17-15)16(22)12-20-8-5-18(6-9-20)7-10-20;/h1-4H,5-12H2;1H. The average molecular weight is 337 g/mol.